The number of pyridine rings is 1. The maximum atomic E-state index is 12.0. The summed E-state index contributed by atoms with van der Waals surface area (Å²) in [6.07, 6.45) is 6.23. The van der Waals surface area contributed by atoms with Gasteiger partial charge in [0.15, 0.2) is 5.65 Å². The maximum absolute atomic E-state index is 12.0. The Balaban J connectivity index is 1.89. The highest BCUT2D eigenvalue weighted by atomic mass is 16.1. The van der Waals surface area contributed by atoms with E-state index in [-0.39, 0.29) is 5.91 Å². The van der Waals surface area contributed by atoms with Crippen LogP contribution >= 0.6 is 0 Å². The number of fused-ring (bicyclic) bond motifs is 1. The zero-order valence-corrected chi connectivity index (χ0v) is 10.1. The lowest BCUT2D eigenvalue weighted by Gasteiger charge is -2.04. The van der Waals surface area contributed by atoms with Crippen molar-refractivity contribution < 1.29 is 4.79 Å². The second-order valence-corrected chi connectivity index (χ2v) is 3.97. The van der Waals surface area contributed by atoms with Crippen molar-refractivity contribution in [2.24, 2.45) is 0 Å². The molecule has 0 atom stereocenters. The highest BCUT2D eigenvalue weighted by Crippen LogP contribution is 2.09. The average molecular weight is 254 g/mol. The Morgan fingerprint density at radius 1 is 1.26 bits per heavy atom. The Labute approximate surface area is 108 Å². The average Bonchev–Trinajstić information content (AvgIpc) is 2.81. The first-order valence-corrected chi connectivity index (χ1v) is 5.62. The quantitative estimate of drug-likeness (QED) is 0.739. The van der Waals surface area contributed by atoms with E-state index in [1.807, 2.05) is 11.3 Å². The molecule has 3 rings (SSSR count). The van der Waals surface area contributed by atoms with E-state index in [1.54, 1.807) is 18.3 Å². The molecule has 0 aromatic carbocycles. The van der Waals surface area contributed by atoms with Crippen LogP contribution in [0, 0.1) is 6.92 Å². The van der Waals surface area contributed by atoms with Gasteiger partial charge in [0.05, 0.1) is 18.1 Å². The van der Waals surface area contributed by atoms with Gasteiger partial charge in [0.1, 0.15) is 12.2 Å². The standard InChI is InChI=1S/C12H10N6O/c1-8-16-17-11-4-9(2-3-18(8)11)12(19)15-10-5-13-7-14-6-10/h2-7H,1H3,(H,15,19). The molecule has 7 nitrogen and oxygen atoms in total. The maximum Gasteiger partial charge on any atom is 0.255 e. The molecule has 0 aliphatic carbocycles. The third kappa shape index (κ3) is 2.13. The molecule has 0 radical (unpaired) electrons. The van der Waals surface area contributed by atoms with E-state index in [0.29, 0.717) is 16.9 Å². The van der Waals surface area contributed by atoms with Crippen LogP contribution in [-0.2, 0) is 0 Å². The van der Waals surface area contributed by atoms with Crippen molar-refractivity contribution in [1.29, 1.82) is 0 Å². The summed E-state index contributed by atoms with van der Waals surface area (Å²) in [6, 6.07) is 3.39. The fraction of sp³-hybridized carbons (Fsp3) is 0.0833. The number of nitrogens with zero attached hydrogens (tertiary/aromatic N) is 5. The van der Waals surface area contributed by atoms with Gasteiger partial charge in [0, 0.05) is 11.8 Å². The van der Waals surface area contributed by atoms with E-state index in [9.17, 15) is 4.79 Å². The Morgan fingerprint density at radius 2 is 2.05 bits per heavy atom. The van der Waals surface area contributed by atoms with Gasteiger partial charge in [-0.15, -0.1) is 10.2 Å². The fourth-order valence-corrected chi connectivity index (χ4v) is 1.72. The van der Waals surface area contributed by atoms with Crippen LogP contribution in [0.4, 0.5) is 5.69 Å². The van der Waals surface area contributed by atoms with Crippen LogP contribution in [-0.4, -0.2) is 30.5 Å². The van der Waals surface area contributed by atoms with Crippen LogP contribution in [0.2, 0.25) is 0 Å². The molecule has 0 aliphatic heterocycles. The molecular formula is C12H10N6O. The molecule has 19 heavy (non-hydrogen) atoms. The zero-order chi connectivity index (χ0) is 13.2. The van der Waals surface area contributed by atoms with Gasteiger partial charge in [0.25, 0.3) is 5.91 Å². The molecule has 1 N–H and O–H groups in total. The molecule has 0 fully saturated rings. The summed E-state index contributed by atoms with van der Waals surface area (Å²) in [6.45, 7) is 1.85. The van der Waals surface area contributed by atoms with Crippen molar-refractivity contribution in [2.45, 2.75) is 6.92 Å². The molecule has 3 aromatic heterocycles. The van der Waals surface area contributed by atoms with Gasteiger partial charge in [-0.05, 0) is 19.1 Å². The highest BCUT2D eigenvalue weighted by Gasteiger charge is 2.09. The van der Waals surface area contributed by atoms with Gasteiger partial charge >= 0.3 is 0 Å². The van der Waals surface area contributed by atoms with Crippen molar-refractivity contribution in [3.8, 4) is 0 Å². The first-order chi connectivity index (χ1) is 9.24. The molecule has 0 aliphatic rings. The van der Waals surface area contributed by atoms with Crippen LogP contribution < -0.4 is 5.32 Å². The number of rotatable bonds is 2. The predicted molar refractivity (Wildman–Crippen MR) is 67.7 cm³/mol. The predicted octanol–water partition coefficient (Wildman–Crippen LogP) is 1.08. The summed E-state index contributed by atoms with van der Waals surface area (Å²) in [7, 11) is 0. The fourth-order valence-electron chi connectivity index (χ4n) is 1.72. The smallest absolute Gasteiger partial charge is 0.255 e. The van der Waals surface area contributed by atoms with E-state index in [0.717, 1.165) is 5.82 Å². The Kier molecular flexibility index (Phi) is 2.64. The number of carbonyl (C=O) groups is 1. The molecule has 94 valence electrons. The molecule has 3 aromatic rings. The van der Waals surface area contributed by atoms with Gasteiger partial charge in [-0.1, -0.05) is 0 Å². The minimum Gasteiger partial charge on any atom is -0.319 e. The second kappa shape index (κ2) is 4.45. The van der Waals surface area contributed by atoms with Crippen molar-refractivity contribution in [2.75, 3.05) is 5.32 Å². The van der Waals surface area contributed by atoms with Gasteiger partial charge in [-0.25, -0.2) is 9.97 Å². The van der Waals surface area contributed by atoms with Crippen LogP contribution in [0.5, 0.6) is 0 Å². The lowest BCUT2D eigenvalue weighted by molar-refractivity contribution is 0.102. The van der Waals surface area contributed by atoms with Crippen LogP contribution in [0.25, 0.3) is 5.65 Å². The summed E-state index contributed by atoms with van der Waals surface area (Å²) in [4.78, 5) is 19.7. The van der Waals surface area contributed by atoms with Crippen molar-refractivity contribution in [1.82, 2.24) is 24.6 Å². The number of aromatic nitrogens is 5. The van der Waals surface area contributed by atoms with Crippen molar-refractivity contribution in [3.05, 3.63) is 48.4 Å². The molecule has 0 bridgehead atoms. The van der Waals surface area contributed by atoms with E-state index < -0.39 is 0 Å². The first-order valence-electron chi connectivity index (χ1n) is 5.62. The van der Waals surface area contributed by atoms with Gasteiger partial charge in [0.2, 0.25) is 0 Å². The van der Waals surface area contributed by atoms with E-state index >= 15 is 0 Å². The summed E-state index contributed by atoms with van der Waals surface area (Å²) in [5, 5.41) is 10.6. The van der Waals surface area contributed by atoms with E-state index in [2.05, 4.69) is 25.5 Å². The van der Waals surface area contributed by atoms with Gasteiger partial charge in [-0.3, -0.25) is 9.20 Å². The van der Waals surface area contributed by atoms with Crippen LogP contribution in [0.1, 0.15) is 16.2 Å². The summed E-state index contributed by atoms with van der Waals surface area (Å²) in [5.74, 6) is 0.538. The minimum absolute atomic E-state index is 0.238. The van der Waals surface area contributed by atoms with E-state index in [4.69, 9.17) is 0 Å². The Hall–Kier alpha value is -2.83. The molecule has 0 saturated carbocycles. The zero-order valence-electron chi connectivity index (χ0n) is 10.1. The molecule has 0 spiro atoms. The first kappa shape index (κ1) is 11.3. The molecular weight excluding hydrogens is 244 g/mol. The lowest BCUT2D eigenvalue weighted by atomic mass is 10.2. The minimum atomic E-state index is -0.238. The molecule has 0 saturated heterocycles. The number of hydrogen-bond acceptors (Lipinski definition) is 5. The number of carbonyl (C=O) groups excluding carboxylic acids is 1. The van der Waals surface area contributed by atoms with Gasteiger partial charge < -0.3 is 5.32 Å². The second-order valence-electron chi connectivity index (χ2n) is 3.97. The van der Waals surface area contributed by atoms with Crippen molar-refractivity contribution in [3.63, 3.8) is 0 Å². The van der Waals surface area contributed by atoms with Crippen LogP contribution in [0.15, 0.2) is 37.1 Å². The summed E-state index contributed by atoms with van der Waals surface area (Å²) < 4.78 is 1.81. The third-order valence-corrected chi connectivity index (χ3v) is 2.66. The third-order valence-electron chi connectivity index (χ3n) is 2.66. The van der Waals surface area contributed by atoms with Crippen molar-refractivity contribution >= 4 is 17.2 Å². The number of amides is 1. The number of anilines is 1. The lowest BCUT2D eigenvalue weighted by Crippen LogP contribution is -2.12. The highest BCUT2D eigenvalue weighted by molar-refractivity contribution is 6.04. The van der Waals surface area contributed by atoms with E-state index in [1.165, 1.54) is 18.7 Å². The Bertz CT molecular complexity index is 736. The largest absolute Gasteiger partial charge is 0.319 e. The Morgan fingerprint density at radius 3 is 2.84 bits per heavy atom. The molecule has 3 heterocycles. The molecule has 1 amide bonds. The number of aryl methyl sites for hydroxylation is 1. The number of nitrogens with one attached hydrogen (secondary N) is 1. The topological polar surface area (TPSA) is 85.1 Å². The summed E-state index contributed by atoms with van der Waals surface area (Å²) >= 11 is 0. The SMILES string of the molecule is Cc1nnc2cc(C(=O)Nc3cncnc3)ccn12. The van der Waals surface area contributed by atoms with Crippen LogP contribution in [0.3, 0.4) is 0 Å². The van der Waals surface area contributed by atoms with Gasteiger partial charge in [-0.2, -0.15) is 0 Å². The monoisotopic (exact) mass is 254 g/mol. The number of hydrogen-bond donors (Lipinski definition) is 1. The molecule has 7 heteroatoms. The normalized spacial score (nSPS) is 10.6. The molecule has 0 unspecified atom stereocenters. The summed E-state index contributed by atoms with van der Waals surface area (Å²) in [5.41, 5.74) is 1.68.